The summed E-state index contributed by atoms with van der Waals surface area (Å²) < 4.78 is 10.1. The van der Waals surface area contributed by atoms with E-state index in [2.05, 4.69) is 0 Å². The topological polar surface area (TPSA) is 41.5 Å². The second-order valence-electron chi connectivity index (χ2n) is 3.43. The van der Waals surface area contributed by atoms with Crippen LogP contribution in [0.2, 0.25) is 10.0 Å². The Morgan fingerprint density at radius 2 is 1.05 bits per heavy atom. The van der Waals surface area contributed by atoms with E-state index in [9.17, 15) is 5.02 Å². The molecule has 0 unspecified atom stereocenters. The largest absolute Gasteiger partial charge is 1.00 e. The summed E-state index contributed by atoms with van der Waals surface area (Å²) in [6.07, 6.45) is 0. The van der Waals surface area contributed by atoms with Crippen molar-refractivity contribution in [2.45, 2.75) is 0 Å². The van der Waals surface area contributed by atoms with Gasteiger partial charge in [0.2, 0.25) is 0 Å². The zero-order chi connectivity index (χ0) is 13.0. The molecule has 2 aromatic carbocycles. The zero-order valence-corrected chi connectivity index (χ0v) is 14.8. The van der Waals surface area contributed by atoms with Crippen molar-refractivity contribution in [1.82, 2.24) is 0 Å². The van der Waals surface area contributed by atoms with Crippen LogP contribution in [0.3, 0.4) is 0 Å². The van der Waals surface area contributed by atoms with Gasteiger partial charge in [-0.25, -0.2) is 0 Å². The third-order valence-corrected chi connectivity index (χ3v) is 2.60. The molecular weight excluding hydrogens is 313 g/mol. The van der Waals surface area contributed by atoms with Crippen LogP contribution < -0.4 is 65.7 Å². The molecule has 0 saturated heterocycles. The van der Waals surface area contributed by atoms with E-state index in [0.717, 1.165) is 0 Å². The van der Waals surface area contributed by atoms with Gasteiger partial charge in [0, 0.05) is 10.0 Å². The Bertz CT molecular complexity index is 460. The number of halogens is 2. The second-order valence-corrected chi connectivity index (χ2v) is 4.31. The summed E-state index contributed by atoms with van der Waals surface area (Å²) in [5, 5.41) is 12.7. The normalized spacial score (nSPS) is 9.42. The Kier molecular flexibility index (Phi) is 7.79. The van der Waals surface area contributed by atoms with Crippen molar-refractivity contribution in [2.24, 2.45) is 0 Å². The molecule has 0 aliphatic carbocycles. The van der Waals surface area contributed by atoms with Crippen LogP contribution in [0, 0.1) is 0 Å². The second kappa shape index (κ2) is 8.54. The van der Waals surface area contributed by atoms with Gasteiger partial charge in [0.25, 0.3) is 0 Å². The SMILES string of the molecule is [K+].[O-]B(Oc1ccc(Cl)cc1)Oc1ccc(Cl)cc1. The predicted molar refractivity (Wildman–Crippen MR) is 69.9 cm³/mol. The summed E-state index contributed by atoms with van der Waals surface area (Å²) in [7, 11) is -1.65. The molecule has 0 atom stereocenters. The van der Waals surface area contributed by atoms with Crippen molar-refractivity contribution in [3.63, 3.8) is 0 Å². The third kappa shape index (κ3) is 6.06. The standard InChI is InChI=1S/C12H8BCl2O3.K/c14-9-1-5-11(6-2-9)17-13(16)18-12-7-3-10(15)4-8-12;/h1-8H;/q-1;+1. The third-order valence-electron chi connectivity index (χ3n) is 2.09. The van der Waals surface area contributed by atoms with E-state index < -0.39 is 7.32 Å². The van der Waals surface area contributed by atoms with Crippen LogP contribution in [-0.2, 0) is 0 Å². The molecule has 0 bridgehead atoms. The number of hydrogen-bond donors (Lipinski definition) is 0. The summed E-state index contributed by atoms with van der Waals surface area (Å²) in [4.78, 5) is 0. The van der Waals surface area contributed by atoms with Crippen LogP contribution in [0.25, 0.3) is 0 Å². The monoisotopic (exact) mass is 320 g/mol. The first-order valence-corrected chi connectivity index (χ1v) is 5.89. The molecule has 0 amide bonds. The maximum absolute atomic E-state index is 11.5. The minimum Gasteiger partial charge on any atom is -0.808 e. The van der Waals surface area contributed by atoms with E-state index in [4.69, 9.17) is 32.5 Å². The minimum absolute atomic E-state index is 0. The summed E-state index contributed by atoms with van der Waals surface area (Å²) in [6, 6.07) is 12.9. The van der Waals surface area contributed by atoms with Gasteiger partial charge in [0.1, 0.15) is 11.5 Å². The fourth-order valence-electron chi connectivity index (χ4n) is 1.27. The first kappa shape index (κ1) is 17.3. The first-order chi connectivity index (χ1) is 8.63. The van der Waals surface area contributed by atoms with Crippen LogP contribution in [0.5, 0.6) is 11.5 Å². The van der Waals surface area contributed by atoms with Gasteiger partial charge in [0.05, 0.1) is 0 Å². The van der Waals surface area contributed by atoms with Crippen LogP contribution in [-0.4, -0.2) is 7.32 Å². The predicted octanol–water partition coefficient (Wildman–Crippen LogP) is -0.200. The minimum atomic E-state index is -1.65. The fourth-order valence-corrected chi connectivity index (χ4v) is 1.52. The molecule has 0 N–H and O–H groups in total. The van der Waals surface area contributed by atoms with E-state index in [0.29, 0.717) is 21.5 Å². The molecule has 92 valence electrons. The van der Waals surface area contributed by atoms with Crippen LogP contribution >= 0.6 is 23.2 Å². The Hall–Kier alpha value is 0.281. The van der Waals surface area contributed by atoms with Crippen LogP contribution in [0.4, 0.5) is 0 Å². The van der Waals surface area contributed by atoms with Crippen molar-refractivity contribution < 1.29 is 65.7 Å². The van der Waals surface area contributed by atoms with Crippen molar-refractivity contribution in [1.29, 1.82) is 0 Å². The van der Waals surface area contributed by atoms with Crippen molar-refractivity contribution in [3.8, 4) is 11.5 Å². The molecule has 0 heterocycles. The smallest absolute Gasteiger partial charge is 0.808 e. The first-order valence-electron chi connectivity index (χ1n) is 5.14. The summed E-state index contributed by atoms with van der Waals surface area (Å²) in [5.41, 5.74) is 0. The quantitative estimate of drug-likeness (QED) is 0.733. The molecule has 0 aliphatic rings. The van der Waals surface area contributed by atoms with Gasteiger partial charge in [-0.05, 0) is 48.5 Å². The zero-order valence-electron chi connectivity index (χ0n) is 10.2. The fraction of sp³-hybridized carbons (Fsp3) is 0. The molecule has 19 heavy (non-hydrogen) atoms. The molecular formula is C12H8BCl2KO3. The van der Waals surface area contributed by atoms with E-state index >= 15 is 0 Å². The van der Waals surface area contributed by atoms with Gasteiger partial charge in [-0.2, -0.15) is 0 Å². The average Bonchev–Trinajstić information content (AvgIpc) is 2.35. The maximum atomic E-state index is 11.5. The average molecular weight is 321 g/mol. The van der Waals surface area contributed by atoms with Crippen molar-refractivity contribution >= 4 is 30.5 Å². The molecule has 0 saturated carbocycles. The van der Waals surface area contributed by atoms with Gasteiger partial charge < -0.3 is 14.3 Å². The van der Waals surface area contributed by atoms with Gasteiger partial charge in [-0.1, -0.05) is 23.2 Å². The molecule has 0 aromatic heterocycles. The molecule has 0 aliphatic heterocycles. The maximum Gasteiger partial charge on any atom is 1.00 e. The van der Waals surface area contributed by atoms with Gasteiger partial charge in [-0.3, -0.25) is 0 Å². The van der Waals surface area contributed by atoms with Crippen LogP contribution in [0.1, 0.15) is 0 Å². The Morgan fingerprint density at radius 3 is 1.37 bits per heavy atom. The van der Waals surface area contributed by atoms with Crippen molar-refractivity contribution in [2.75, 3.05) is 0 Å². The van der Waals surface area contributed by atoms with Gasteiger partial charge in [-0.15, -0.1) is 0 Å². The molecule has 3 nitrogen and oxygen atoms in total. The Labute approximate surface area is 164 Å². The van der Waals surface area contributed by atoms with E-state index in [1.54, 1.807) is 48.5 Å². The molecule has 0 fully saturated rings. The van der Waals surface area contributed by atoms with E-state index in [-0.39, 0.29) is 51.4 Å². The Balaban J connectivity index is 0.00000180. The van der Waals surface area contributed by atoms with Crippen LogP contribution in [0.15, 0.2) is 48.5 Å². The molecule has 0 radical (unpaired) electrons. The summed E-state index contributed by atoms with van der Waals surface area (Å²) >= 11 is 11.4. The Morgan fingerprint density at radius 1 is 0.737 bits per heavy atom. The molecule has 2 rings (SSSR count). The van der Waals surface area contributed by atoms with E-state index in [1.807, 2.05) is 0 Å². The summed E-state index contributed by atoms with van der Waals surface area (Å²) in [5.74, 6) is 0.793. The molecule has 0 spiro atoms. The number of rotatable bonds is 4. The van der Waals surface area contributed by atoms with Crippen molar-refractivity contribution in [3.05, 3.63) is 58.6 Å². The molecule has 2 aromatic rings. The van der Waals surface area contributed by atoms with Gasteiger partial charge >= 0.3 is 58.7 Å². The van der Waals surface area contributed by atoms with Gasteiger partial charge in [0.15, 0.2) is 0 Å². The number of hydrogen-bond acceptors (Lipinski definition) is 3. The summed E-state index contributed by atoms with van der Waals surface area (Å²) in [6.45, 7) is 0. The van der Waals surface area contributed by atoms with E-state index in [1.165, 1.54) is 0 Å². The molecule has 7 heteroatoms. The number of benzene rings is 2.